The molecule has 0 heterocycles. The lowest BCUT2D eigenvalue weighted by Crippen LogP contribution is -2.43. The Bertz CT molecular complexity index is 362. The Morgan fingerprint density at radius 1 is 1.22 bits per heavy atom. The topological polar surface area (TPSA) is 29.5 Å². The molecular weight excluding hydrogens is 226 g/mol. The SMILES string of the molecule is CC[C@@H](C)N(C(=O)OCc1ccccc1)C(C)C. The second-order valence-electron chi connectivity index (χ2n) is 4.80. The van der Waals surface area contributed by atoms with Crippen molar-refractivity contribution in [1.29, 1.82) is 0 Å². The number of carbonyl (C=O) groups is 1. The van der Waals surface area contributed by atoms with Crippen LogP contribution in [0.3, 0.4) is 0 Å². The molecule has 0 fully saturated rings. The highest BCUT2D eigenvalue weighted by Gasteiger charge is 2.23. The minimum absolute atomic E-state index is 0.156. The number of benzene rings is 1. The van der Waals surface area contributed by atoms with Crippen LogP contribution in [-0.2, 0) is 11.3 Å². The van der Waals surface area contributed by atoms with Crippen LogP contribution < -0.4 is 0 Å². The Morgan fingerprint density at radius 2 is 1.83 bits per heavy atom. The Kier molecular flexibility index (Phi) is 5.69. The third kappa shape index (κ3) is 4.06. The fourth-order valence-corrected chi connectivity index (χ4v) is 1.89. The molecule has 0 aromatic heterocycles. The third-order valence-corrected chi connectivity index (χ3v) is 3.04. The van der Waals surface area contributed by atoms with Crippen molar-refractivity contribution in [3.63, 3.8) is 0 Å². The van der Waals surface area contributed by atoms with E-state index < -0.39 is 0 Å². The highest BCUT2D eigenvalue weighted by atomic mass is 16.6. The van der Waals surface area contributed by atoms with Gasteiger partial charge in [0.25, 0.3) is 0 Å². The van der Waals surface area contributed by atoms with Gasteiger partial charge in [0.1, 0.15) is 6.61 Å². The van der Waals surface area contributed by atoms with Gasteiger partial charge in [0.2, 0.25) is 0 Å². The van der Waals surface area contributed by atoms with E-state index in [0.717, 1.165) is 12.0 Å². The van der Waals surface area contributed by atoms with Crippen molar-refractivity contribution < 1.29 is 9.53 Å². The first-order valence-electron chi connectivity index (χ1n) is 6.55. The van der Waals surface area contributed by atoms with Gasteiger partial charge in [0, 0.05) is 12.1 Å². The molecule has 0 aliphatic heterocycles. The molecule has 0 bridgehead atoms. The Labute approximate surface area is 110 Å². The van der Waals surface area contributed by atoms with E-state index in [1.54, 1.807) is 4.90 Å². The second-order valence-corrected chi connectivity index (χ2v) is 4.80. The molecule has 3 nitrogen and oxygen atoms in total. The van der Waals surface area contributed by atoms with Crippen LogP contribution >= 0.6 is 0 Å². The van der Waals surface area contributed by atoms with Crippen molar-refractivity contribution in [1.82, 2.24) is 4.90 Å². The van der Waals surface area contributed by atoms with E-state index in [1.807, 2.05) is 51.1 Å². The van der Waals surface area contributed by atoms with Gasteiger partial charge in [-0.3, -0.25) is 0 Å². The number of hydrogen-bond acceptors (Lipinski definition) is 2. The molecule has 0 aliphatic carbocycles. The molecule has 100 valence electrons. The molecular formula is C15H23NO2. The standard InChI is InChI=1S/C15H23NO2/c1-5-13(4)16(12(2)3)15(17)18-11-14-9-7-6-8-10-14/h6-10,12-13H,5,11H2,1-4H3/t13-/m1/s1. The van der Waals surface area contributed by atoms with E-state index in [2.05, 4.69) is 6.92 Å². The van der Waals surface area contributed by atoms with Crippen LogP contribution in [0.4, 0.5) is 4.79 Å². The van der Waals surface area contributed by atoms with Gasteiger partial charge >= 0.3 is 6.09 Å². The van der Waals surface area contributed by atoms with Crippen molar-refractivity contribution >= 4 is 6.09 Å². The number of amides is 1. The van der Waals surface area contributed by atoms with Gasteiger partial charge in [0.15, 0.2) is 0 Å². The summed E-state index contributed by atoms with van der Waals surface area (Å²) in [5.41, 5.74) is 1.01. The minimum Gasteiger partial charge on any atom is -0.445 e. The summed E-state index contributed by atoms with van der Waals surface area (Å²) in [5.74, 6) is 0. The van der Waals surface area contributed by atoms with Crippen LogP contribution in [0.5, 0.6) is 0 Å². The van der Waals surface area contributed by atoms with Crippen LogP contribution in [0.15, 0.2) is 30.3 Å². The van der Waals surface area contributed by atoms with E-state index in [0.29, 0.717) is 6.61 Å². The highest BCUT2D eigenvalue weighted by molar-refractivity contribution is 5.68. The normalized spacial score (nSPS) is 12.3. The first-order chi connectivity index (χ1) is 8.56. The van der Waals surface area contributed by atoms with Gasteiger partial charge in [-0.2, -0.15) is 0 Å². The van der Waals surface area contributed by atoms with E-state index in [-0.39, 0.29) is 18.2 Å². The van der Waals surface area contributed by atoms with Gasteiger partial charge < -0.3 is 9.64 Å². The Morgan fingerprint density at radius 3 is 2.33 bits per heavy atom. The molecule has 0 spiro atoms. The molecule has 1 atom stereocenters. The zero-order valence-corrected chi connectivity index (χ0v) is 11.7. The minimum atomic E-state index is -0.233. The molecule has 3 heteroatoms. The molecule has 18 heavy (non-hydrogen) atoms. The van der Waals surface area contributed by atoms with E-state index in [4.69, 9.17) is 4.74 Å². The maximum atomic E-state index is 12.1. The molecule has 0 N–H and O–H groups in total. The largest absolute Gasteiger partial charge is 0.445 e. The number of hydrogen-bond donors (Lipinski definition) is 0. The number of rotatable bonds is 5. The van der Waals surface area contributed by atoms with Crippen molar-refractivity contribution in [2.24, 2.45) is 0 Å². The first-order valence-corrected chi connectivity index (χ1v) is 6.55. The summed E-state index contributed by atoms with van der Waals surface area (Å²) in [7, 11) is 0. The van der Waals surface area contributed by atoms with Crippen molar-refractivity contribution in [2.75, 3.05) is 0 Å². The number of ether oxygens (including phenoxy) is 1. The summed E-state index contributed by atoms with van der Waals surface area (Å²) in [4.78, 5) is 13.9. The molecule has 1 aromatic carbocycles. The van der Waals surface area contributed by atoms with Crippen LogP contribution in [0, 0.1) is 0 Å². The van der Waals surface area contributed by atoms with Crippen LogP contribution in [-0.4, -0.2) is 23.1 Å². The number of nitrogens with zero attached hydrogens (tertiary/aromatic N) is 1. The molecule has 0 radical (unpaired) electrons. The van der Waals surface area contributed by atoms with Crippen LogP contribution in [0.1, 0.15) is 39.7 Å². The van der Waals surface area contributed by atoms with Crippen LogP contribution in [0.25, 0.3) is 0 Å². The molecule has 0 saturated heterocycles. The third-order valence-electron chi connectivity index (χ3n) is 3.04. The van der Waals surface area contributed by atoms with Crippen molar-refractivity contribution in [3.8, 4) is 0 Å². The first kappa shape index (κ1) is 14.6. The van der Waals surface area contributed by atoms with E-state index in [9.17, 15) is 4.79 Å². The van der Waals surface area contributed by atoms with Gasteiger partial charge in [0.05, 0.1) is 0 Å². The maximum absolute atomic E-state index is 12.1. The lowest BCUT2D eigenvalue weighted by Gasteiger charge is -2.31. The van der Waals surface area contributed by atoms with Crippen LogP contribution in [0.2, 0.25) is 0 Å². The van der Waals surface area contributed by atoms with Crippen molar-refractivity contribution in [2.45, 2.75) is 52.8 Å². The maximum Gasteiger partial charge on any atom is 0.410 e. The second kappa shape index (κ2) is 7.04. The summed E-state index contributed by atoms with van der Waals surface area (Å²) in [5, 5.41) is 0. The van der Waals surface area contributed by atoms with E-state index >= 15 is 0 Å². The fourth-order valence-electron chi connectivity index (χ4n) is 1.89. The lowest BCUT2D eigenvalue weighted by atomic mass is 10.2. The Hall–Kier alpha value is -1.51. The highest BCUT2D eigenvalue weighted by Crippen LogP contribution is 2.12. The molecule has 1 amide bonds. The molecule has 1 rings (SSSR count). The van der Waals surface area contributed by atoms with Gasteiger partial charge in [-0.25, -0.2) is 4.79 Å². The predicted octanol–water partition coefficient (Wildman–Crippen LogP) is 3.83. The fraction of sp³-hybridized carbons (Fsp3) is 0.533. The van der Waals surface area contributed by atoms with Gasteiger partial charge in [-0.05, 0) is 32.8 Å². The van der Waals surface area contributed by atoms with Crippen molar-refractivity contribution in [3.05, 3.63) is 35.9 Å². The summed E-state index contributed by atoms with van der Waals surface area (Å²) in [6.07, 6.45) is 0.696. The zero-order valence-electron chi connectivity index (χ0n) is 11.7. The molecule has 0 saturated carbocycles. The summed E-state index contributed by atoms with van der Waals surface area (Å²) >= 11 is 0. The smallest absolute Gasteiger partial charge is 0.410 e. The van der Waals surface area contributed by atoms with Gasteiger partial charge in [-0.1, -0.05) is 37.3 Å². The Balaban J connectivity index is 2.57. The molecule has 1 aromatic rings. The summed E-state index contributed by atoms with van der Waals surface area (Å²) in [6.45, 7) is 8.47. The lowest BCUT2D eigenvalue weighted by molar-refractivity contribution is 0.0698. The average molecular weight is 249 g/mol. The number of carbonyl (C=O) groups excluding carboxylic acids is 1. The van der Waals surface area contributed by atoms with Gasteiger partial charge in [-0.15, -0.1) is 0 Å². The zero-order chi connectivity index (χ0) is 13.5. The quantitative estimate of drug-likeness (QED) is 0.793. The summed E-state index contributed by atoms with van der Waals surface area (Å²) in [6, 6.07) is 10.1. The predicted molar refractivity (Wildman–Crippen MR) is 73.4 cm³/mol. The summed E-state index contributed by atoms with van der Waals surface area (Å²) < 4.78 is 5.36. The molecule has 0 aliphatic rings. The molecule has 0 unspecified atom stereocenters. The monoisotopic (exact) mass is 249 g/mol. The van der Waals surface area contributed by atoms with E-state index in [1.165, 1.54) is 0 Å². The average Bonchev–Trinajstić information content (AvgIpc) is 2.37.